The average Bonchev–Trinajstić information content (AvgIpc) is 1.12. The molecule has 16 N–H and O–H groups in total. The van der Waals surface area contributed by atoms with Gasteiger partial charge in [0.15, 0.2) is 0 Å². The fourth-order valence-electron chi connectivity index (χ4n) is 0. The van der Waals surface area contributed by atoms with Crippen molar-refractivity contribution < 1.29 is 141 Å². The van der Waals surface area contributed by atoms with Crippen molar-refractivity contribution in [3.05, 3.63) is 0 Å². The Balaban J connectivity index is -0.00000000364. The fourth-order valence-corrected chi connectivity index (χ4v) is 0. The number of phosphoric acid groups is 2. The van der Waals surface area contributed by atoms with Crippen molar-refractivity contribution in [2.45, 2.75) is 0 Å². The molecule has 0 aromatic heterocycles. The van der Waals surface area contributed by atoms with E-state index in [4.69, 9.17) is 38.5 Å². The van der Waals surface area contributed by atoms with E-state index in [2.05, 4.69) is 0 Å². The summed E-state index contributed by atoms with van der Waals surface area (Å²) in [6, 6.07) is 0. The molecule has 0 bridgehead atoms. The van der Waals surface area contributed by atoms with Gasteiger partial charge in [0.1, 0.15) is 0 Å². The van der Waals surface area contributed by atoms with E-state index >= 15 is 0 Å². The molecule has 0 radical (unpaired) electrons. The van der Waals surface area contributed by atoms with Crippen LogP contribution in [0.4, 0.5) is 0 Å². The van der Waals surface area contributed by atoms with Crippen molar-refractivity contribution in [2.75, 3.05) is 0 Å². The normalized spacial score (nSPS) is 5.62. The Bertz CT molecular complexity index is 134. The standard InChI is InChI=1S/2H3O4P.8H2O.3Zn/c2*1-5(2,3)4;;;;;;;;;;;/h2*(H3,1,2,3,4);8*1H2;;;/q;;;;;;;;;;3*+2/p-6. The molecule has 0 aliphatic heterocycles. The van der Waals surface area contributed by atoms with Gasteiger partial charge in [-0.05, 0) is 0 Å². The maximum Gasteiger partial charge on any atom is 2.00 e. The summed E-state index contributed by atoms with van der Waals surface area (Å²) in [5.74, 6) is 0. The second kappa shape index (κ2) is 49.5. The van der Waals surface area contributed by atoms with Crippen LogP contribution in [-0.4, -0.2) is 43.8 Å². The van der Waals surface area contributed by atoms with Crippen LogP contribution in [0.5, 0.6) is 0 Å². The molecule has 21 heteroatoms. The van der Waals surface area contributed by atoms with Gasteiger partial charge in [-0.1, -0.05) is 0 Å². The maximum atomic E-state index is 8.55. The largest absolute Gasteiger partial charge is 2.00 e. The molecule has 0 saturated carbocycles. The molecule has 128 valence electrons. The first-order valence-corrected chi connectivity index (χ1v) is 4.38. The average molecular weight is 530 g/mol. The van der Waals surface area contributed by atoms with Crippen LogP contribution in [0.1, 0.15) is 0 Å². The van der Waals surface area contributed by atoms with Crippen LogP contribution >= 0.6 is 15.6 Å². The molecule has 16 nitrogen and oxygen atoms in total. The molecule has 0 rings (SSSR count). The number of hydrogen-bond acceptors (Lipinski definition) is 8. The van der Waals surface area contributed by atoms with E-state index in [1.165, 1.54) is 0 Å². The Hall–Kier alpha value is 1.77. The van der Waals surface area contributed by atoms with E-state index in [0.717, 1.165) is 0 Å². The zero-order chi connectivity index (χ0) is 9.00. The zero-order valence-corrected chi connectivity index (χ0v) is 21.0. The molecule has 0 fully saturated rings. The molecular weight excluding hydrogens is 514 g/mol. The Morgan fingerprint density at radius 1 is 0.381 bits per heavy atom. The zero-order valence-electron chi connectivity index (χ0n) is 10.3. The van der Waals surface area contributed by atoms with Crippen molar-refractivity contribution in [1.29, 1.82) is 0 Å². The van der Waals surface area contributed by atoms with Gasteiger partial charge in [-0.25, -0.2) is 0 Å². The van der Waals surface area contributed by atoms with E-state index in [9.17, 15) is 0 Å². The minimum atomic E-state index is -5.39. The van der Waals surface area contributed by atoms with Crippen LogP contribution in [0.15, 0.2) is 0 Å². The van der Waals surface area contributed by atoms with Crippen molar-refractivity contribution in [3.8, 4) is 0 Å². The SMILES string of the molecule is O.O.O.O.O.O.O.O.O=P([O-])([O-])[O-].O=P([O-])([O-])[O-].[Zn+2].[Zn+2].[Zn+2]. The van der Waals surface area contributed by atoms with Crippen LogP contribution in [0.3, 0.4) is 0 Å². The summed E-state index contributed by atoms with van der Waals surface area (Å²) in [5.41, 5.74) is 0. The topological polar surface area (TPSA) is 424 Å². The van der Waals surface area contributed by atoms with E-state index in [-0.39, 0.29) is 102 Å². The molecule has 0 amide bonds. The maximum absolute atomic E-state index is 8.55. The molecule has 0 aliphatic carbocycles. The first kappa shape index (κ1) is 113. The van der Waals surface area contributed by atoms with Crippen molar-refractivity contribution in [1.82, 2.24) is 0 Å². The minimum Gasteiger partial charge on any atom is -0.822 e. The van der Waals surface area contributed by atoms with Crippen LogP contribution in [0, 0.1) is 0 Å². The summed E-state index contributed by atoms with van der Waals surface area (Å²) in [7, 11) is -10.8. The van der Waals surface area contributed by atoms with E-state index in [1.807, 2.05) is 0 Å². The van der Waals surface area contributed by atoms with Crippen molar-refractivity contribution in [3.63, 3.8) is 0 Å². The van der Waals surface area contributed by atoms with Crippen molar-refractivity contribution in [2.24, 2.45) is 0 Å². The molecule has 0 atom stereocenters. The molecule has 0 aromatic rings. The Labute approximate surface area is 156 Å². The second-order valence-electron chi connectivity index (χ2n) is 0.894. The Morgan fingerprint density at radius 3 is 0.381 bits per heavy atom. The summed E-state index contributed by atoms with van der Waals surface area (Å²) in [6.45, 7) is 0. The van der Waals surface area contributed by atoms with E-state index < -0.39 is 15.6 Å². The monoisotopic (exact) mass is 526 g/mol. The predicted molar refractivity (Wildman–Crippen MR) is 44.1 cm³/mol. The second-order valence-corrected chi connectivity index (χ2v) is 2.68. The van der Waals surface area contributed by atoms with Gasteiger partial charge in [0.05, 0.1) is 0 Å². The smallest absolute Gasteiger partial charge is 0.822 e. The number of hydrogen-bond donors (Lipinski definition) is 0. The Kier molecular flexibility index (Phi) is 267. The summed E-state index contributed by atoms with van der Waals surface area (Å²) in [6.07, 6.45) is 0. The third-order valence-electron chi connectivity index (χ3n) is 0. The summed E-state index contributed by atoms with van der Waals surface area (Å²) >= 11 is 0. The molecule has 0 unspecified atom stereocenters. The van der Waals surface area contributed by atoms with Gasteiger partial charge in [-0.3, -0.25) is 0 Å². The van der Waals surface area contributed by atoms with Crippen LogP contribution in [0.25, 0.3) is 0 Å². The summed E-state index contributed by atoms with van der Waals surface area (Å²) in [4.78, 5) is 51.3. The molecular formula is H16O16P2Zn3. The van der Waals surface area contributed by atoms with Crippen LogP contribution in [-0.2, 0) is 67.6 Å². The third kappa shape index (κ3) is 2720. The number of rotatable bonds is 0. The fraction of sp³-hybridized carbons (Fsp3) is 0. The first-order valence-electron chi connectivity index (χ1n) is 1.46. The molecule has 0 spiro atoms. The molecule has 0 aromatic carbocycles. The minimum absolute atomic E-state index is 0. The summed E-state index contributed by atoms with van der Waals surface area (Å²) in [5, 5.41) is 0. The predicted octanol–water partition coefficient (Wildman–Crippen LogP) is -12.3. The van der Waals surface area contributed by atoms with Gasteiger partial charge >= 0.3 is 58.4 Å². The quantitative estimate of drug-likeness (QED) is 0.213. The first-order chi connectivity index (χ1) is 4.00. The van der Waals surface area contributed by atoms with Gasteiger partial charge in [-0.2, -0.15) is 15.6 Å². The van der Waals surface area contributed by atoms with Gasteiger partial charge in [0, 0.05) is 0 Å². The Morgan fingerprint density at radius 2 is 0.381 bits per heavy atom. The van der Waals surface area contributed by atoms with Gasteiger partial charge in [-0.15, -0.1) is 0 Å². The molecule has 21 heavy (non-hydrogen) atoms. The third-order valence-corrected chi connectivity index (χ3v) is 0. The molecule has 0 heterocycles. The van der Waals surface area contributed by atoms with E-state index in [1.54, 1.807) is 0 Å². The van der Waals surface area contributed by atoms with Gasteiger partial charge < -0.3 is 82.3 Å². The van der Waals surface area contributed by atoms with Crippen LogP contribution < -0.4 is 29.4 Å². The van der Waals surface area contributed by atoms with Crippen molar-refractivity contribution >= 4 is 15.6 Å². The summed E-state index contributed by atoms with van der Waals surface area (Å²) < 4.78 is 17.1. The van der Waals surface area contributed by atoms with Gasteiger partial charge in [0.25, 0.3) is 0 Å². The van der Waals surface area contributed by atoms with Crippen LogP contribution in [0.2, 0.25) is 0 Å². The van der Waals surface area contributed by atoms with E-state index in [0.29, 0.717) is 0 Å². The van der Waals surface area contributed by atoms with Gasteiger partial charge in [0.2, 0.25) is 0 Å². The molecule has 0 aliphatic rings. The molecule has 0 saturated heterocycles.